The smallest absolute Gasteiger partial charge is 0.268 e. The first-order valence-corrected chi connectivity index (χ1v) is 5.18. The molecule has 94 valence electrons. The average molecular weight is 275 g/mol. The molecular weight excluding hydrogens is 269 g/mol. The summed E-state index contributed by atoms with van der Waals surface area (Å²) in [5.74, 6) is 0. The Balaban J connectivity index is 2.54. The van der Waals surface area contributed by atoms with Crippen molar-refractivity contribution in [3.8, 4) is 11.3 Å². The van der Waals surface area contributed by atoms with Crippen LogP contribution in [-0.2, 0) is 6.18 Å². The number of aromatic nitrogens is 2. The topological polar surface area (TPSA) is 45.8 Å². The van der Waals surface area contributed by atoms with Gasteiger partial charge in [0.1, 0.15) is 0 Å². The molecule has 2 rings (SSSR count). The minimum atomic E-state index is -4.53. The molecule has 0 unspecified atom stereocenters. The summed E-state index contributed by atoms with van der Waals surface area (Å²) in [6.45, 7) is 0. The number of hydrogen-bond donors (Lipinski definition) is 1. The Hall–Kier alpha value is -1.82. The van der Waals surface area contributed by atoms with Gasteiger partial charge in [0, 0.05) is 11.6 Å². The van der Waals surface area contributed by atoms with Gasteiger partial charge in [-0.15, -0.1) is 0 Å². The SMILES string of the molecule is O=c1ccc(-c2ccc(Cl)c(C(F)(F)F)c2)n[nH]1. The quantitative estimate of drug-likeness (QED) is 0.868. The summed E-state index contributed by atoms with van der Waals surface area (Å²) >= 11 is 5.50. The first kappa shape index (κ1) is 12.6. The summed E-state index contributed by atoms with van der Waals surface area (Å²) in [7, 11) is 0. The number of H-pyrrole nitrogens is 1. The normalized spacial score (nSPS) is 11.6. The van der Waals surface area contributed by atoms with Crippen molar-refractivity contribution in [2.45, 2.75) is 6.18 Å². The summed E-state index contributed by atoms with van der Waals surface area (Å²) in [6, 6.07) is 5.96. The fourth-order valence-electron chi connectivity index (χ4n) is 1.41. The molecule has 3 nitrogen and oxygen atoms in total. The molecule has 0 amide bonds. The maximum Gasteiger partial charge on any atom is 0.417 e. The van der Waals surface area contributed by atoms with Gasteiger partial charge in [-0.25, -0.2) is 5.10 Å². The van der Waals surface area contributed by atoms with E-state index in [1.807, 2.05) is 0 Å². The van der Waals surface area contributed by atoms with Gasteiger partial charge in [-0.3, -0.25) is 4.79 Å². The van der Waals surface area contributed by atoms with E-state index in [-0.39, 0.29) is 16.3 Å². The Kier molecular flexibility index (Phi) is 3.13. The Morgan fingerprint density at radius 3 is 2.44 bits per heavy atom. The number of nitrogens with one attached hydrogen (secondary N) is 1. The van der Waals surface area contributed by atoms with Crippen LogP contribution in [0.4, 0.5) is 13.2 Å². The van der Waals surface area contributed by atoms with Crippen molar-refractivity contribution >= 4 is 11.6 Å². The fourth-order valence-corrected chi connectivity index (χ4v) is 1.63. The van der Waals surface area contributed by atoms with Crippen molar-refractivity contribution in [2.24, 2.45) is 0 Å². The third-order valence-corrected chi connectivity index (χ3v) is 2.58. The van der Waals surface area contributed by atoms with Gasteiger partial charge in [0.05, 0.1) is 16.3 Å². The van der Waals surface area contributed by atoms with Gasteiger partial charge in [-0.1, -0.05) is 17.7 Å². The van der Waals surface area contributed by atoms with Crippen LogP contribution in [0.2, 0.25) is 5.02 Å². The molecule has 0 aliphatic rings. The van der Waals surface area contributed by atoms with Gasteiger partial charge in [0.25, 0.3) is 5.56 Å². The highest BCUT2D eigenvalue weighted by Gasteiger charge is 2.33. The lowest BCUT2D eigenvalue weighted by Crippen LogP contribution is -2.08. The van der Waals surface area contributed by atoms with Gasteiger partial charge >= 0.3 is 6.18 Å². The zero-order valence-corrected chi connectivity index (χ0v) is 9.51. The molecule has 0 aliphatic carbocycles. The highest BCUT2D eigenvalue weighted by atomic mass is 35.5. The summed E-state index contributed by atoms with van der Waals surface area (Å²) in [5.41, 5.74) is -0.904. The Morgan fingerprint density at radius 1 is 1.17 bits per heavy atom. The first-order chi connectivity index (χ1) is 8.38. The predicted molar refractivity (Wildman–Crippen MR) is 60.3 cm³/mol. The molecule has 0 saturated carbocycles. The van der Waals surface area contributed by atoms with Crippen molar-refractivity contribution in [1.82, 2.24) is 10.2 Å². The van der Waals surface area contributed by atoms with Crippen LogP contribution in [0.3, 0.4) is 0 Å². The highest BCUT2D eigenvalue weighted by molar-refractivity contribution is 6.31. The van der Waals surface area contributed by atoms with E-state index in [0.29, 0.717) is 0 Å². The molecule has 0 fully saturated rings. The minimum Gasteiger partial charge on any atom is -0.268 e. The zero-order chi connectivity index (χ0) is 13.3. The predicted octanol–water partition coefficient (Wildman–Crippen LogP) is 3.11. The summed E-state index contributed by atoms with van der Waals surface area (Å²) in [6.07, 6.45) is -4.53. The summed E-state index contributed by atoms with van der Waals surface area (Å²) in [5, 5.41) is 5.43. The van der Waals surface area contributed by atoms with Crippen LogP contribution in [0.5, 0.6) is 0 Å². The monoisotopic (exact) mass is 274 g/mol. The van der Waals surface area contributed by atoms with Gasteiger partial charge in [-0.2, -0.15) is 18.3 Å². The number of aromatic amines is 1. The number of rotatable bonds is 1. The number of nitrogens with zero attached hydrogens (tertiary/aromatic N) is 1. The molecule has 18 heavy (non-hydrogen) atoms. The van der Waals surface area contributed by atoms with E-state index >= 15 is 0 Å². The van der Waals surface area contributed by atoms with Crippen LogP contribution in [0.1, 0.15) is 5.56 Å². The van der Waals surface area contributed by atoms with Crippen LogP contribution < -0.4 is 5.56 Å². The molecule has 0 atom stereocenters. The van der Waals surface area contributed by atoms with E-state index in [1.165, 1.54) is 18.2 Å². The molecule has 1 aromatic carbocycles. The minimum absolute atomic E-state index is 0.225. The molecule has 0 bridgehead atoms. The second kappa shape index (κ2) is 4.45. The second-order valence-corrected chi connectivity index (χ2v) is 3.91. The van der Waals surface area contributed by atoms with Crippen molar-refractivity contribution in [3.63, 3.8) is 0 Å². The molecule has 1 heterocycles. The number of alkyl halides is 3. The molecule has 0 saturated heterocycles. The van der Waals surface area contributed by atoms with Gasteiger partial charge in [0.15, 0.2) is 0 Å². The lowest BCUT2D eigenvalue weighted by molar-refractivity contribution is -0.137. The van der Waals surface area contributed by atoms with Crippen molar-refractivity contribution in [2.75, 3.05) is 0 Å². The van der Waals surface area contributed by atoms with E-state index in [9.17, 15) is 18.0 Å². The molecule has 2 aromatic rings. The highest BCUT2D eigenvalue weighted by Crippen LogP contribution is 2.36. The van der Waals surface area contributed by atoms with E-state index < -0.39 is 17.3 Å². The first-order valence-electron chi connectivity index (χ1n) is 4.81. The Labute approximate surface area is 104 Å². The Bertz CT molecular complexity index is 616. The van der Waals surface area contributed by atoms with Gasteiger partial charge in [-0.05, 0) is 18.2 Å². The lowest BCUT2D eigenvalue weighted by atomic mass is 10.1. The fraction of sp³-hybridized carbons (Fsp3) is 0.0909. The zero-order valence-electron chi connectivity index (χ0n) is 8.75. The van der Waals surface area contributed by atoms with Crippen molar-refractivity contribution in [1.29, 1.82) is 0 Å². The summed E-state index contributed by atoms with van der Waals surface area (Å²) in [4.78, 5) is 10.8. The van der Waals surface area contributed by atoms with Crippen LogP contribution >= 0.6 is 11.6 Å². The molecule has 1 aromatic heterocycles. The second-order valence-electron chi connectivity index (χ2n) is 3.50. The molecule has 0 spiro atoms. The number of benzene rings is 1. The van der Waals surface area contributed by atoms with Crippen molar-refractivity contribution < 1.29 is 13.2 Å². The van der Waals surface area contributed by atoms with Crippen LogP contribution in [0, 0.1) is 0 Å². The Morgan fingerprint density at radius 2 is 1.89 bits per heavy atom. The standard InChI is InChI=1S/C11H6ClF3N2O/c12-8-2-1-6(5-7(8)11(13,14)15)9-3-4-10(18)17-16-9/h1-5H,(H,17,18). The summed E-state index contributed by atoms with van der Waals surface area (Å²) < 4.78 is 37.9. The maximum atomic E-state index is 12.6. The lowest BCUT2D eigenvalue weighted by Gasteiger charge is -2.10. The maximum absolute atomic E-state index is 12.6. The molecular formula is C11H6ClF3N2O. The number of hydrogen-bond acceptors (Lipinski definition) is 2. The molecule has 0 aliphatic heterocycles. The molecule has 0 radical (unpaired) electrons. The van der Waals surface area contributed by atoms with E-state index in [2.05, 4.69) is 10.2 Å². The van der Waals surface area contributed by atoms with Crippen LogP contribution in [0.15, 0.2) is 35.1 Å². The average Bonchev–Trinajstić information content (AvgIpc) is 2.29. The van der Waals surface area contributed by atoms with Gasteiger partial charge < -0.3 is 0 Å². The van der Waals surface area contributed by atoms with Gasteiger partial charge in [0.2, 0.25) is 0 Å². The molecule has 7 heteroatoms. The largest absolute Gasteiger partial charge is 0.417 e. The van der Waals surface area contributed by atoms with E-state index in [4.69, 9.17) is 11.6 Å². The third-order valence-electron chi connectivity index (χ3n) is 2.25. The van der Waals surface area contributed by atoms with Crippen LogP contribution in [-0.4, -0.2) is 10.2 Å². The van der Waals surface area contributed by atoms with E-state index in [1.54, 1.807) is 0 Å². The molecule has 1 N–H and O–H groups in total. The van der Waals surface area contributed by atoms with Crippen LogP contribution in [0.25, 0.3) is 11.3 Å². The van der Waals surface area contributed by atoms with E-state index in [0.717, 1.165) is 12.1 Å². The third kappa shape index (κ3) is 2.53. The van der Waals surface area contributed by atoms with Crippen molar-refractivity contribution in [3.05, 3.63) is 51.3 Å². The number of halogens is 4.